The van der Waals surface area contributed by atoms with E-state index in [4.69, 9.17) is 4.42 Å². The lowest BCUT2D eigenvalue weighted by Gasteiger charge is -2.35. The number of nitrogens with zero attached hydrogens (tertiary/aromatic N) is 3. The molecule has 1 aliphatic heterocycles. The third-order valence-corrected chi connectivity index (χ3v) is 10.8. The normalized spacial score (nSPS) is 17.7. The van der Waals surface area contributed by atoms with E-state index < -0.39 is 31.1 Å². The lowest BCUT2D eigenvalue weighted by Crippen LogP contribution is -2.40. The second kappa shape index (κ2) is 10.2. The summed E-state index contributed by atoms with van der Waals surface area (Å²) in [5.74, 6) is 0.399. The fourth-order valence-corrected chi connectivity index (χ4v) is 8.09. The van der Waals surface area contributed by atoms with Gasteiger partial charge in [0.2, 0.25) is 31.8 Å². The molecule has 2 aromatic carbocycles. The third-order valence-electron chi connectivity index (χ3n) is 7.33. The molecule has 41 heavy (non-hydrogen) atoms. The second-order valence-corrected chi connectivity index (χ2v) is 16.7. The standard InChI is InChI=1S/C29H39N5O5S2/c1-27(2,3)32-40(35,36)21-9-7-8-20(18-21)25-30-31-26(39-25)23-11-10-22(41(37,38)33-28(4,5)6)19-24(23)34-16-14-29(12-13-29)15-17-34/h7-11,18-19,32-33H,12-17H2,1-6H3. The summed E-state index contributed by atoms with van der Waals surface area (Å²) in [5.41, 5.74) is 0.982. The molecule has 1 spiro atoms. The van der Waals surface area contributed by atoms with Crippen molar-refractivity contribution in [2.24, 2.45) is 5.41 Å². The smallest absolute Gasteiger partial charge is 0.250 e. The van der Waals surface area contributed by atoms with Crippen LogP contribution in [0.2, 0.25) is 0 Å². The summed E-state index contributed by atoms with van der Waals surface area (Å²) >= 11 is 0. The van der Waals surface area contributed by atoms with Gasteiger partial charge in [0.1, 0.15) is 0 Å². The Balaban J connectivity index is 1.51. The molecule has 2 fully saturated rings. The van der Waals surface area contributed by atoms with E-state index in [0.717, 1.165) is 31.6 Å². The van der Waals surface area contributed by atoms with Crippen LogP contribution in [0.25, 0.3) is 22.9 Å². The van der Waals surface area contributed by atoms with Crippen molar-refractivity contribution in [1.29, 1.82) is 0 Å². The van der Waals surface area contributed by atoms with Crippen LogP contribution in [-0.2, 0) is 20.0 Å². The number of rotatable bonds is 7. The molecular formula is C29H39N5O5S2. The average molecular weight is 602 g/mol. The van der Waals surface area contributed by atoms with Crippen molar-refractivity contribution in [2.75, 3.05) is 18.0 Å². The van der Waals surface area contributed by atoms with Crippen molar-refractivity contribution < 1.29 is 21.3 Å². The molecule has 2 N–H and O–H groups in total. The number of hydrogen-bond donors (Lipinski definition) is 2. The molecule has 0 amide bonds. The molecule has 0 bridgehead atoms. The maximum Gasteiger partial charge on any atom is 0.250 e. The van der Waals surface area contributed by atoms with Crippen molar-refractivity contribution in [1.82, 2.24) is 19.6 Å². The summed E-state index contributed by atoms with van der Waals surface area (Å²) in [5, 5.41) is 8.51. The summed E-state index contributed by atoms with van der Waals surface area (Å²) in [6.07, 6.45) is 4.63. The SMILES string of the molecule is CC(C)(C)NS(=O)(=O)c1cccc(-c2nnc(-c3ccc(S(=O)(=O)NC(C)(C)C)cc3N3CCC4(CC3)CC4)o2)c1. The van der Waals surface area contributed by atoms with Crippen molar-refractivity contribution >= 4 is 25.7 Å². The van der Waals surface area contributed by atoms with Gasteiger partial charge in [-0.15, -0.1) is 10.2 Å². The zero-order chi connectivity index (χ0) is 29.8. The van der Waals surface area contributed by atoms with Crippen molar-refractivity contribution in [3.63, 3.8) is 0 Å². The summed E-state index contributed by atoms with van der Waals surface area (Å²) in [4.78, 5) is 2.46. The third kappa shape index (κ3) is 6.82. The fraction of sp³-hybridized carbons (Fsp3) is 0.517. The molecule has 1 saturated carbocycles. The molecule has 10 nitrogen and oxygen atoms in total. The first-order valence-corrected chi connectivity index (χ1v) is 16.8. The van der Waals surface area contributed by atoms with Crippen molar-refractivity contribution in [3.05, 3.63) is 42.5 Å². The minimum absolute atomic E-state index is 0.0913. The predicted octanol–water partition coefficient (Wildman–Crippen LogP) is 4.94. The van der Waals surface area contributed by atoms with Gasteiger partial charge < -0.3 is 9.32 Å². The van der Waals surface area contributed by atoms with E-state index in [-0.39, 0.29) is 21.6 Å². The summed E-state index contributed by atoms with van der Waals surface area (Å²) in [6, 6.07) is 11.3. The zero-order valence-corrected chi connectivity index (χ0v) is 26.1. The summed E-state index contributed by atoms with van der Waals surface area (Å²) < 4.78 is 63.6. The number of piperidine rings is 1. The van der Waals surface area contributed by atoms with E-state index in [1.54, 1.807) is 71.9 Å². The molecular weight excluding hydrogens is 562 g/mol. The van der Waals surface area contributed by atoms with E-state index in [9.17, 15) is 16.8 Å². The summed E-state index contributed by atoms with van der Waals surface area (Å²) in [7, 11) is -7.53. The molecule has 2 aliphatic rings. The zero-order valence-electron chi connectivity index (χ0n) is 24.5. The number of hydrogen-bond acceptors (Lipinski definition) is 8. The predicted molar refractivity (Wildman–Crippen MR) is 158 cm³/mol. The number of sulfonamides is 2. The van der Waals surface area contributed by atoms with Crippen LogP contribution in [0.4, 0.5) is 5.69 Å². The number of nitrogens with one attached hydrogen (secondary N) is 2. The topological polar surface area (TPSA) is 134 Å². The van der Waals surface area contributed by atoms with Gasteiger partial charge in [0.15, 0.2) is 0 Å². The van der Waals surface area contributed by atoms with Crippen molar-refractivity contribution in [2.45, 2.75) is 88.1 Å². The molecule has 3 aromatic rings. The minimum atomic E-state index is -3.76. The molecule has 0 unspecified atom stereocenters. The van der Waals surface area contributed by atoms with Crippen LogP contribution in [-0.4, -0.2) is 51.2 Å². The highest BCUT2D eigenvalue weighted by molar-refractivity contribution is 7.89. The highest BCUT2D eigenvalue weighted by Gasteiger charge is 2.44. The Kier molecular flexibility index (Phi) is 7.37. The van der Waals surface area contributed by atoms with Crippen molar-refractivity contribution in [3.8, 4) is 22.9 Å². The second-order valence-electron chi connectivity index (χ2n) is 13.3. The van der Waals surface area contributed by atoms with Gasteiger partial charge in [-0.2, -0.15) is 0 Å². The van der Waals surface area contributed by atoms with E-state index in [0.29, 0.717) is 16.5 Å². The Labute approximate surface area is 243 Å². The van der Waals surface area contributed by atoms with Crippen LogP contribution in [0.5, 0.6) is 0 Å². The number of aromatic nitrogens is 2. The molecule has 0 radical (unpaired) electrons. The average Bonchev–Trinajstić information content (AvgIpc) is 3.42. The van der Waals surface area contributed by atoms with Crippen LogP contribution < -0.4 is 14.3 Å². The maximum absolute atomic E-state index is 13.2. The van der Waals surface area contributed by atoms with Gasteiger partial charge in [-0.05, 0) is 109 Å². The van der Waals surface area contributed by atoms with Crippen LogP contribution in [0.15, 0.2) is 56.7 Å². The highest BCUT2D eigenvalue weighted by Crippen LogP contribution is 2.54. The van der Waals surface area contributed by atoms with E-state index in [2.05, 4.69) is 24.5 Å². The molecule has 5 rings (SSSR count). The van der Waals surface area contributed by atoms with Gasteiger partial charge in [-0.1, -0.05) is 6.07 Å². The molecule has 222 valence electrons. The lowest BCUT2D eigenvalue weighted by molar-refractivity contribution is 0.384. The summed E-state index contributed by atoms with van der Waals surface area (Å²) in [6.45, 7) is 12.4. The number of benzene rings is 2. The lowest BCUT2D eigenvalue weighted by atomic mass is 9.93. The first kappa shape index (κ1) is 29.7. The van der Waals surface area contributed by atoms with Gasteiger partial charge in [0, 0.05) is 29.7 Å². The monoisotopic (exact) mass is 601 g/mol. The molecule has 1 saturated heterocycles. The van der Waals surface area contributed by atoms with E-state index in [1.165, 1.54) is 25.0 Å². The number of anilines is 1. The molecule has 1 aliphatic carbocycles. The van der Waals surface area contributed by atoms with Gasteiger partial charge in [-0.25, -0.2) is 26.3 Å². The largest absolute Gasteiger partial charge is 0.416 e. The highest BCUT2D eigenvalue weighted by atomic mass is 32.2. The van der Waals surface area contributed by atoms with Gasteiger partial charge in [0.25, 0.3) is 0 Å². The van der Waals surface area contributed by atoms with E-state index >= 15 is 0 Å². The van der Waals surface area contributed by atoms with Crippen LogP contribution >= 0.6 is 0 Å². The van der Waals surface area contributed by atoms with Gasteiger partial charge in [0.05, 0.1) is 21.0 Å². The molecule has 2 heterocycles. The first-order valence-electron chi connectivity index (χ1n) is 13.9. The van der Waals surface area contributed by atoms with Gasteiger partial charge >= 0.3 is 0 Å². The fourth-order valence-electron chi connectivity index (χ4n) is 5.19. The Morgan fingerprint density at radius 1 is 0.756 bits per heavy atom. The molecule has 12 heteroatoms. The Hall–Kier alpha value is -2.80. The minimum Gasteiger partial charge on any atom is -0.416 e. The Morgan fingerprint density at radius 2 is 1.32 bits per heavy atom. The maximum atomic E-state index is 13.2. The molecule has 0 atom stereocenters. The Bertz CT molecular complexity index is 1650. The molecule has 1 aromatic heterocycles. The van der Waals surface area contributed by atoms with Gasteiger partial charge in [-0.3, -0.25) is 0 Å². The van der Waals surface area contributed by atoms with Crippen LogP contribution in [0.1, 0.15) is 67.2 Å². The Morgan fingerprint density at radius 3 is 1.88 bits per heavy atom. The first-order chi connectivity index (χ1) is 19.0. The van der Waals surface area contributed by atoms with Crippen LogP contribution in [0, 0.1) is 5.41 Å². The van der Waals surface area contributed by atoms with E-state index in [1.807, 2.05) is 0 Å². The van der Waals surface area contributed by atoms with Crippen LogP contribution in [0.3, 0.4) is 0 Å². The quantitative estimate of drug-likeness (QED) is 0.389.